The number of nitrogens with zero attached hydrogens (tertiary/aromatic N) is 1. The van der Waals surface area contributed by atoms with Gasteiger partial charge in [0.05, 0.1) is 19.3 Å². The summed E-state index contributed by atoms with van der Waals surface area (Å²) in [6, 6.07) is 6.39. The van der Waals surface area contributed by atoms with Crippen LogP contribution in [0.1, 0.15) is 22.7 Å². The summed E-state index contributed by atoms with van der Waals surface area (Å²) in [6.07, 6.45) is 3.26. The Hall–Kier alpha value is -1.94. The molecule has 1 unspecified atom stereocenters. The Bertz CT molecular complexity index is 557. The quantitative estimate of drug-likeness (QED) is 0.905. The highest BCUT2D eigenvalue weighted by molar-refractivity contribution is 5.35. The molecule has 0 saturated carbocycles. The maximum absolute atomic E-state index is 13.5. The largest absolute Gasteiger partial charge is 0.495 e. The van der Waals surface area contributed by atoms with Gasteiger partial charge in [-0.15, -0.1) is 0 Å². The lowest BCUT2D eigenvalue weighted by atomic mass is 10.00. The van der Waals surface area contributed by atoms with Crippen LogP contribution in [-0.4, -0.2) is 12.1 Å². The van der Waals surface area contributed by atoms with Gasteiger partial charge < -0.3 is 10.5 Å². The van der Waals surface area contributed by atoms with Crippen molar-refractivity contribution in [1.29, 1.82) is 0 Å². The predicted octanol–water partition coefficient (Wildman–Crippen LogP) is 2.59. The highest BCUT2D eigenvalue weighted by atomic mass is 19.1. The molecule has 1 heterocycles. The summed E-state index contributed by atoms with van der Waals surface area (Å²) in [4.78, 5) is 4.04. The van der Waals surface area contributed by atoms with Gasteiger partial charge in [0.1, 0.15) is 11.6 Å². The van der Waals surface area contributed by atoms with Gasteiger partial charge in [0.25, 0.3) is 0 Å². The van der Waals surface area contributed by atoms with Crippen molar-refractivity contribution in [1.82, 2.24) is 4.98 Å². The normalized spacial score (nSPS) is 12.2. The molecule has 0 amide bonds. The smallest absolute Gasteiger partial charge is 0.137 e. The molecule has 0 aliphatic rings. The third-order valence-electron chi connectivity index (χ3n) is 2.88. The van der Waals surface area contributed by atoms with E-state index in [4.69, 9.17) is 10.5 Å². The van der Waals surface area contributed by atoms with E-state index in [1.165, 1.54) is 6.07 Å². The predicted molar refractivity (Wildman–Crippen MR) is 68.0 cm³/mol. The van der Waals surface area contributed by atoms with Crippen molar-refractivity contribution in [3.05, 3.63) is 59.2 Å². The number of nitrogens with two attached hydrogens (primary N) is 1. The van der Waals surface area contributed by atoms with Gasteiger partial charge in [0, 0.05) is 6.20 Å². The molecule has 0 aliphatic carbocycles. The fraction of sp³-hybridized carbons (Fsp3) is 0.214. The number of pyridine rings is 1. The van der Waals surface area contributed by atoms with E-state index in [0.717, 1.165) is 5.56 Å². The molecule has 0 aliphatic heterocycles. The molecule has 0 saturated heterocycles. The number of hydrogen-bond donors (Lipinski definition) is 1. The van der Waals surface area contributed by atoms with Crippen molar-refractivity contribution in [2.75, 3.05) is 7.11 Å². The van der Waals surface area contributed by atoms with E-state index >= 15 is 0 Å². The zero-order valence-electron chi connectivity index (χ0n) is 10.4. The Balaban J connectivity index is 2.34. The highest BCUT2D eigenvalue weighted by Gasteiger charge is 2.11. The number of aryl methyl sites for hydroxylation is 1. The Kier molecular flexibility index (Phi) is 3.58. The summed E-state index contributed by atoms with van der Waals surface area (Å²) in [5, 5.41) is 0. The molecule has 0 fully saturated rings. The van der Waals surface area contributed by atoms with Crippen molar-refractivity contribution in [3.8, 4) is 5.75 Å². The van der Waals surface area contributed by atoms with E-state index in [0.29, 0.717) is 16.9 Å². The minimum Gasteiger partial charge on any atom is -0.495 e. The van der Waals surface area contributed by atoms with Gasteiger partial charge in [-0.3, -0.25) is 4.98 Å². The summed E-state index contributed by atoms with van der Waals surface area (Å²) in [6.45, 7) is 1.72. The van der Waals surface area contributed by atoms with Gasteiger partial charge in [0.2, 0.25) is 0 Å². The average molecular weight is 246 g/mol. The number of halogens is 1. The van der Waals surface area contributed by atoms with E-state index < -0.39 is 6.04 Å². The van der Waals surface area contributed by atoms with Crippen molar-refractivity contribution >= 4 is 0 Å². The van der Waals surface area contributed by atoms with Crippen LogP contribution in [0.25, 0.3) is 0 Å². The molecule has 1 aromatic heterocycles. The molecule has 0 spiro atoms. The molecular weight excluding hydrogens is 231 g/mol. The van der Waals surface area contributed by atoms with Gasteiger partial charge in [-0.25, -0.2) is 4.39 Å². The molecule has 0 bridgehead atoms. The first kappa shape index (κ1) is 12.5. The topological polar surface area (TPSA) is 48.1 Å². The number of hydrogen-bond acceptors (Lipinski definition) is 3. The van der Waals surface area contributed by atoms with Crippen LogP contribution in [0.4, 0.5) is 4.39 Å². The van der Waals surface area contributed by atoms with Crippen molar-refractivity contribution in [2.45, 2.75) is 13.0 Å². The van der Waals surface area contributed by atoms with Crippen LogP contribution < -0.4 is 10.5 Å². The Morgan fingerprint density at radius 2 is 2.00 bits per heavy atom. The third-order valence-corrected chi connectivity index (χ3v) is 2.88. The first-order valence-corrected chi connectivity index (χ1v) is 5.62. The molecule has 2 N–H and O–H groups in total. The Labute approximate surface area is 105 Å². The zero-order valence-corrected chi connectivity index (χ0v) is 10.4. The molecule has 3 nitrogen and oxygen atoms in total. The molecular formula is C14H15FN2O. The maximum atomic E-state index is 13.5. The monoisotopic (exact) mass is 246 g/mol. The fourth-order valence-corrected chi connectivity index (χ4v) is 1.71. The number of rotatable bonds is 3. The lowest BCUT2D eigenvalue weighted by Gasteiger charge is -2.13. The summed E-state index contributed by atoms with van der Waals surface area (Å²) >= 11 is 0. The summed E-state index contributed by atoms with van der Waals surface area (Å²) in [7, 11) is 1.57. The fourth-order valence-electron chi connectivity index (χ4n) is 1.71. The Morgan fingerprint density at radius 3 is 2.67 bits per heavy atom. The summed E-state index contributed by atoms with van der Waals surface area (Å²) < 4.78 is 18.6. The summed E-state index contributed by atoms with van der Waals surface area (Å²) in [5.41, 5.74) is 8.21. The molecule has 1 aromatic carbocycles. The molecule has 18 heavy (non-hydrogen) atoms. The third kappa shape index (κ3) is 2.49. The molecule has 2 aromatic rings. The van der Waals surface area contributed by atoms with Crippen LogP contribution in [0, 0.1) is 12.7 Å². The first-order chi connectivity index (χ1) is 8.61. The highest BCUT2D eigenvalue weighted by Crippen LogP contribution is 2.23. The van der Waals surface area contributed by atoms with Crippen LogP contribution >= 0.6 is 0 Å². The van der Waals surface area contributed by atoms with Crippen LogP contribution in [0.3, 0.4) is 0 Å². The van der Waals surface area contributed by atoms with Gasteiger partial charge in [-0.1, -0.05) is 12.1 Å². The van der Waals surface area contributed by atoms with E-state index in [2.05, 4.69) is 4.98 Å². The second kappa shape index (κ2) is 5.14. The van der Waals surface area contributed by atoms with Gasteiger partial charge in [0.15, 0.2) is 0 Å². The SMILES string of the molecule is COc1cncc(C(N)c2ccc(C)c(F)c2)c1. The van der Waals surface area contributed by atoms with Gasteiger partial charge >= 0.3 is 0 Å². The molecule has 0 radical (unpaired) electrons. The van der Waals surface area contributed by atoms with Crippen molar-refractivity contribution in [2.24, 2.45) is 5.73 Å². The van der Waals surface area contributed by atoms with Gasteiger partial charge in [-0.05, 0) is 35.7 Å². The number of ether oxygens (including phenoxy) is 1. The number of methoxy groups -OCH3 is 1. The van der Waals surface area contributed by atoms with E-state index in [-0.39, 0.29) is 5.82 Å². The Morgan fingerprint density at radius 1 is 1.22 bits per heavy atom. The van der Waals surface area contributed by atoms with Crippen molar-refractivity contribution in [3.63, 3.8) is 0 Å². The molecule has 2 rings (SSSR count). The van der Waals surface area contributed by atoms with Crippen LogP contribution in [-0.2, 0) is 0 Å². The first-order valence-electron chi connectivity index (χ1n) is 5.62. The van der Waals surface area contributed by atoms with Crippen molar-refractivity contribution < 1.29 is 9.13 Å². The number of benzene rings is 1. The lowest BCUT2D eigenvalue weighted by Crippen LogP contribution is -2.12. The zero-order chi connectivity index (χ0) is 13.1. The minimum atomic E-state index is -0.414. The number of aromatic nitrogens is 1. The maximum Gasteiger partial charge on any atom is 0.137 e. The molecule has 94 valence electrons. The van der Waals surface area contributed by atoms with Gasteiger partial charge in [-0.2, -0.15) is 0 Å². The second-order valence-electron chi connectivity index (χ2n) is 4.14. The lowest BCUT2D eigenvalue weighted by molar-refractivity contribution is 0.412. The van der Waals surface area contributed by atoms with E-state index in [9.17, 15) is 4.39 Å². The van der Waals surface area contributed by atoms with Crippen LogP contribution in [0.5, 0.6) is 5.75 Å². The molecule has 1 atom stereocenters. The standard InChI is InChI=1S/C14H15FN2O/c1-9-3-4-10(6-13(9)15)14(16)11-5-12(18-2)8-17-7-11/h3-8,14H,16H2,1-2H3. The summed E-state index contributed by atoms with van der Waals surface area (Å²) in [5.74, 6) is 0.384. The minimum absolute atomic E-state index is 0.251. The average Bonchev–Trinajstić information content (AvgIpc) is 2.41. The van der Waals surface area contributed by atoms with E-state index in [1.807, 2.05) is 6.07 Å². The molecule has 4 heteroatoms. The van der Waals surface area contributed by atoms with Crippen LogP contribution in [0.2, 0.25) is 0 Å². The second-order valence-corrected chi connectivity index (χ2v) is 4.14. The van der Waals surface area contributed by atoms with E-state index in [1.54, 1.807) is 38.6 Å². The van der Waals surface area contributed by atoms with Crippen LogP contribution in [0.15, 0.2) is 36.7 Å².